The molecule has 3 nitrogen and oxygen atoms in total. The Labute approximate surface area is 111 Å². The van der Waals surface area contributed by atoms with E-state index in [1.807, 2.05) is 0 Å². The van der Waals surface area contributed by atoms with Crippen molar-refractivity contribution < 1.29 is 0 Å². The SMILES string of the molecule is N[C@H]1CCCCCNC[C@H]2C[C@@H]2C2CCNC1C2. The van der Waals surface area contributed by atoms with E-state index in [0.29, 0.717) is 12.1 Å². The Balaban J connectivity index is 1.60. The minimum atomic E-state index is 0.388. The largest absolute Gasteiger partial charge is 0.326 e. The summed E-state index contributed by atoms with van der Waals surface area (Å²) in [4.78, 5) is 0. The molecule has 1 aliphatic carbocycles. The highest BCUT2D eigenvalue weighted by Gasteiger charge is 2.44. The van der Waals surface area contributed by atoms with E-state index in [2.05, 4.69) is 10.6 Å². The minimum Gasteiger partial charge on any atom is -0.326 e. The lowest BCUT2D eigenvalue weighted by atomic mass is 9.84. The summed E-state index contributed by atoms with van der Waals surface area (Å²) >= 11 is 0. The topological polar surface area (TPSA) is 50.1 Å². The molecule has 0 aromatic carbocycles. The van der Waals surface area contributed by atoms with Gasteiger partial charge in [0.1, 0.15) is 0 Å². The smallest absolute Gasteiger partial charge is 0.0221 e. The normalized spacial score (nSPS) is 46.2. The molecule has 104 valence electrons. The number of piperidine rings is 1. The van der Waals surface area contributed by atoms with Crippen molar-refractivity contribution in [2.24, 2.45) is 23.5 Å². The molecule has 4 N–H and O–H groups in total. The van der Waals surface area contributed by atoms with Gasteiger partial charge in [-0.2, -0.15) is 0 Å². The predicted molar refractivity (Wildman–Crippen MR) is 75.4 cm³/mol. The molecule has 0 radical (unpaired) electrons. The van der Waals surface area contributed by atoms with Gasteiger partial charge in [0, 0.05) is 12.1 Å². The Kier molecular flexibility index (Phi) is 4.22. The summed E-state index contributed by atoms with van der Waals surface area (Å²) in [6.07, 6.45) is 9.36. The fourth-order valence-electron chi connectivity index (χ4n) is 4.08. The van der Waals surface area contributed by atoms with Crippen molar-refractivity contribution in [1.29, 1.82) is 0 Å². The fourth-order valence-corrected chi connectivity index (χ4v) is 4.08. The van der Waals surface area contributed by atoms with Gasteiger partial charge in [0.2, 0.25) is 0 Å². The van der Waals surface area contributed by atoms with Crippen LogP contribution in [0.3, 0.4) is 0 Å². The monoisotopic (exact) mass is 251 g/mol. The summed E-state index contributed by atoms with van der Waals surface area (Å²) in [5, 5.41) is 7.32. The van der Waals surface area contributed by atoms with Crippen molar-refractivity contribution in [2.45, 2.75) is 57.0 Å². The molecule has 3 rings (SSSR count). The Bertz CT molecular complexity index is 260. The van der Waals surface area contributed by atoms with Crippen LogP contribution in [-0.4, -0.2) is 31.7 Å². The molecule has 2 bridgehead atoms. The van der Waals surface area contributed by atoms with Crippen molar-refractivity contribution >= 4 is 0 Å². The van der Waals surface area contributed by atoms with Crippen LogP contribution in [0.25, 0.3) is 0 Å². The van der Waals surface area contributed by atoms with Crippen LogP contribution in [0.2, 0.25) is 0 Å². The lowest BCUT2D eigenvalue weighted by Crippen LogP contribution is -2.50. The standard InChI is InChI=1S/C15H29N3/c16-14-4-2-1-3-6-17-10-12-8-13(12)11-5-7-18-15(14)9-11/h11-15,17-18H,1-10,16H2/t11?,12-,13-,14+,15?/m1/s1. The van der Waals surface area contributed by atoms with E-state index >= 15 is 0 Å². The second kappa shape index (κ2) is 5.89. The van der Waals surface area contributed by atoms with Crippen molar-refractivity contribution in [3.63, 3.8) is 0 Å². The molecule has 2 heterocycles. The third-order valence-corrected chi connectivity index (χ3v) is 5.38. The summed E-state index contributed by atoms with van der Waals surface area (Å²) in [5.74, 6) is 2.94. The van der Waals surface area contributed by atoms with Crippen molar-refractivity contribution in [1.82, 2.24) is 10.6 Å². The molecule has 0 aromatic rings. The van der Waals surface area contributed by atoms with E-state index in [4.69, 9.17) is 5.73 Å². The molecule has 2 saturated heterocycles. The molecule has 5 atom stereocenters. The molecular formula is C15H29N3. The Morgan fingerprint density at radius 1 is 0.889 bits per heavy atom. The Morgan fingerprint density at radius 2 is 1.83 bits per heavy atom. The second-order valence-corrected chi connectivity index (χ2v) is 6.72. The minimum absolute atomic E-state index is 0.388. The molecule has 18 heavy (non-hydrogen) atoms. The first kappa shape index (κ1) is 12.9. The van der Waals surface area contributed by atoms with E-state index in [-0.39, 0.29) is 0 Å². The van der Waals surface area contributed by atoms with Crippen LogP contribution in [0.4, 0.5) is 0 Å². The first-order chi connectivity index (χ1) is 8.84. The van der Waals surface area contributed by atoms with Crippen molar-refractivity contribution in [2.75, 3.05) is 19.6 Å². The molecule has 0 amide bonds. The lowest BCUT2D eigenvalue weighted by Gasteiger charge is -2.34. The molecule has 0 aromatic heterocycles. The van der Waals surface area contributed by atoms with Crippen molar-refractivity contribution in [3.8, 4) is 0 Å². The number of rotatable bonds is 0. The van der Waals surface area contributed by atoms with Gasteiger partial charge < -0.3 is 16.4 Å². The first-order valence-corrected chi connectivity index (χ1v) is 8.04. The van der Waals surface area contributed by atoms with Crippen LogP contribution in [-0.2, 0) is 0 Å². The molecule has 3 heteroatoms. The number of nitrogens with one attached hydrogen (secondary N) is 2. The fraction of sp³-hybridized carbons (Fsp3) is 1.00. The van der Waals surface area contributed by atoms with Gasteiger partial charge in [-0.15, -0.1) is 0 Å². The quantitative estimate of drug-likeness (QED) is 0.611. The maximum Gasteiger partial charge on any atom is 0.0221 e. The third kappa shape index (κ3) is 3.06. The average Bonchev–Trinajstić information content (AvgIpc) is 3.16. The number of fused-ring (bicyclic) bond motifs is 4. The van der Waals surface area contributed by atoms with Gasteiger partial charge in [-0.25, -0.2) is 0 Å². The van der Waals surface area contributed by atoms with Gasteiger partial charge in [-0.1, -0.05) is 12.8 Å². The van der Waals surface area contributed by atoms with Crippen LogP contribution in [0.1, 0.15) is 44.9 Å². The molecule has 0 spiro atoms. The Hall–Kier alpha value is -0.120. The number of hydrogen-bond acceptors (Lipinski definition) is 3. The lowest BCUT2D eigenvalue weighted by molar-refractivity contribution is 0.237. The maximum atomic E-state index is 6.39. The summed E-state index contributed by atoms with van der Waals surface area (Å²) in [6, 6.07) is 0.984. The molecule has 3 fully saturated rings. The maximum absolute atomic E-state index is 6.39. The van der Waals surface area contributed by atoms with E-state index < -0.39 is 0 Å². The van der Waals surface area contributed by atoms with Crippen LogP contribution in [0, 0.1) is 17.8 Å². The van der Waals surface area contributed by atoms with Gasteiger partial charge in [-0.3, -0.25) is 0 Å². The number of nitrogens with two attached hydrogens (primary N) is 1. The third-order valence-electron chi connectivity index (χ3n) is 5.38. The zero-order chi connectivity index (χ0) is 12.4. The van der Waals surface area contributed by atoms with E-state index in [1.54, 1.807) is 0 Å². The highest BCUT2D eigenvalue weighted by atomic mass is 15.0. The van der Waals surface area contributed by atoms with Crippen molar-refractivity contribution in [3.05, 3.63) is 0 Å². The summed E-state index contributed by atoms with van der Waals surface area (Å²) < 4.78 is 0. The summed E-state index contributed by atoms with van der Waals surface area (Å²) in [5.41, 5.74) is 6.39. The molecule has 3 aliphatic rings. The predicted octanol–water partition coefficient (Wildman–Crippen LogP) is 1.48. The second-order valence-electron chi connectivity index (χ2n) is 6.72. The van der Waals surface area contributed by atoms with Gasteiger partial charge in [-0.05, 0) is 69.5 Å². The molecule has 2 unspecified atom stereocenters. The van der Waals surface area contributed by atoms with Crippen LogP contribution in [0.15, 0.2) is 0 Å². The summed E-state index contributed by atoms with van der Waals surface area (Å²) in [7, 11) is 0. The zero-order valence-electron chi connectivity index (χ0n) is 11.5. The van der Waals surface area contributed by atoms with Crippen LogP contribution < -0.4 is 16.4 Å². The highest BCUT2D eigenvalue weighted by Crippen LogP contribution is 2.47. The average molecular weight is 251 g/mol. The Morgan fingerprint density at radius 3 is 2.78 bits per heavy atom. The van der Waals surface area contributed by atoms with Gasteiger partial charge in [0.05, 0.1) is 0 Å². The highest BCUT2D eigenvalue weighted by molar-refractivity contribution is 4.97. The summed E-state index contributed by atoms with van der Waals surface area (Å²) in [6.45, 7) is 3.68. The van der Waals surface area contributed by atoms with E-state index in [0.717, 1.165) is 17.8 Å². The first-order valence-electron chi connectivity index (χ1n) is 8.04. The zero-order valence-corrected chi connectivity index (χ0v) is 11.5. The van der Waals surface area contributed by atoms with Gasteiger partial charge in [0.15, 0.2) is 0 Å². The van der Waals surface area contributed by atoms with Crippen LogP contribution >= 0.6 is 0 Å². The molecule has 1 saturated carbocycles. The molecule has 2 aliphatic heterocycles. The van der Waals surface area contributed by atoms with E-state index in [9.17, 15) is 0 Å². The van der Waals surface area contributed by atoms with Crippen LogP contribution in [0.5, 0.6) is 0 Å². The number of hydrogen-bond donors (Lipinski definition) is 3. The van der Waals surface area contributed by atoms with Gasteiger partial charge >= 0.3 is 0 Å². The van der Waals surface area contributed by atoms with Gasteiger partial charge in [0.25, 0.3) is 0 Å². The molecular weight excluding hydrogens is 222 g/mol. The van der Waals surface area contributed by atoms with E-state index in [1.165, 1.54) is 64.6 Å².